The molecule has 3 atom stereocenters. The van der Waals surface area contributed by atoms with Crippen molar-refractivity contribution in [3.63, 3.8) is 0 Å². The van der Waals surface area contributed by atoms with Gasteiger partial charge < -0.3 is 15.9 Å². The second-order valence-electron chi connectivity index (χ2n) is 4.64. The molecular formula is C13H19NO2. The quantitative estimate of drug-likeness (QED) is 0.703. The van der Waals surface area contributed by atoms with Crippen LogP contribution in [0.5, 0.6) is 0 Å². The molecule has 2 unspecified atom stereocenters. The first kappa shape index (κ1) is 11.6. The number of hydrogen-bond acceptors (Lipinski definition) is 3. The molecule has 1 aromatic rings. The molecule has 4 N–H and O–H groups in total. The van der Waals surface area contributed by atoms with Crippen LogP contribution in [0.25, 0.3) is 0 Å². The van der Waals surface area contributed by atoms with Crippen molar-refractivity contribution in [2.75, 3.05) is 0 Å². The van der Waals surface area contributed by atoms with Crippen molar-refractivity contribution < 1.29 is 10.2 Å². The zero-order valence-electron chi connectivity index (χ0n) is 9.29. The Morgan fingerprint density at radius 2 is 1.69 bits per heavy atom. The normalized spacial score (nSPS) is 31.6. The SMILES string of the molecule is N[C@@H](Cc1ccccc1)C1C(O)CCC1O. The van der Waals surface area contributed by atoms with Gasteiger partial charge in [-0.25, -0.2) is 0 Å². The summed E-state index contributed by atoms with van der Waals surface area (Å²) in [6, 6.07) is 9.79. The highest BCUT2D eigenvalue weighted by atomic mass is 16.3. The third kappa shape index (κ3) is 2.43. The first-order valence-electron chi connectivity index (χ1n) is 5.84. The zero-order valence-corrected chi connectivity index (χ0v) is 9.29. The molecule has 0 bridgehead atoms. The van der Waals surface area contributed by atoms with E-state index in [9.17, 15) is 10.2 Å². The summed E-state index contributed by atoms with van der Waals surface area (Å²) in [6.07, 6.45) is 1.13. The first-order chi connectivity index (χ1) is 7.68. The molecule has 1 saturated carbocycles. The minimum atomic E-state index is -0.450. The second-order valence-corrected chi connectivity index (χ2v) is 4.64. The minimum absolute atomic E-state index is 0.171. The molecule has 2 rings (SSSR count). The van der Waals surface area contributed by atoms with E-state index in [0.717, 1.165) is 5.56 Å². The summed E-state index contributed by atoms with van der Waals surface area (Å²) in [5.74, 6) is -0.180. The van der Waals surface area contributed by atoms with Crippen LogP contribution in [-0.4, -0.2) is 28.5 Å². The van der Waals surface area contributed by atoms with Crippen LogP contribution >= 0.6 is 0 Å². The summed E-state index contributed by atoms with van der Waals surface area (Å²) >= 11 is 0. The molecule has 1 aromatic carbocycles. The smallest absolute Gasteiger partial charge is 0.0609 e. The maximum absolute atomic E-state index is 9.77. The molecule has 1 aliphatic rings. The lowest BCUT2D eigenvalue weighted by Crippen LogP contribution is -2.41. The van der Waals surface area contributed by atoms with E-state index < -0.39 is 12.2 Å². The summed E-state index contributed by atoms with van der Waals surface area (Å²) < 4.78 is 0. The zero-order chi connectivity index (χ0) is 11.5. The van der Waals surface area contributed by atoms with Gasteiger partial charge in [-0.2, -0.15) is 0 Å². The lowest BCUT2D eigenvalue weighted by atomic mass is 9.90. The van der Waals surface area contributed by atoms with Crippen molar-refractivity contribution >= 4 is 0 Å². The second kappa shape index (κ2) is 4.95. The Bertz CT molecular complexity index is 318. The van der Waals surface area contributed by atoms with Gasteiger partial charge in [0.1, 0.15) is 0 Å². The number of benzene rings is 1. The fraction of sp³-hybridized carbons (Fsp3) is 0.538. The number of aliphatic hydroxyl groups excluding tert-OH is 2. The fourth-order valence-electron chi connectivity index (χ4n) is 2.58. The third-order valence-corrected chi connectivity index (χ3v) is 3.46. The topological polar surface area (TPSA) is 66.5 Å². The van der Waals surface area contributed by atoms with Crippen molar-refractivity contribution in [2.45, 2.75) is 37.5 Å². The molecule has 0 amide bonds. The van der Waals surface area contributed by atoms with Gasteiger partial charge in [0.05, 0.1) is 12.2 Å². The van der Waals surface area contributed by atoms with Gasteiger partial charge in [0.2, 0.25) is 0 Å². The Hall–Kier alpha value is -0.900. The maximum Gasteiger partial charge on any atom is 0.0609 e. The molecule has 3 nitrogen and oxygen atoms in total. The molecule has 16 heavy (non-hydrogen) atoms. The van der Waals surface area contributed by atoms with Gasteiger partial charge in [-0.15, -0.1) is 0 Å². The van der Waals surface area contributed by atoms with Crippen molar-refractivity contribution in [3.05, 3.63) is 35.9 Å². The molecule has 0 radical (unpaired) electrons. The highest BCUT2D eigenvalue weighted by Crippen LogP contribution is 2.29. The minimum Gasteiger partial charge on any atom is -0.393 e. The lowest BCUT2D eigenvalue weighted by Gasteiger charge is -2.25. The van der Waals surface area contributed by atoms with E-state index in [-0.39, 0.29) is 12.0 Å². The maximum atomic E-state index is 9.77. The Morgan fingerprint density at radius 3 is 2.25 bits per heavy atom. The fourth-order valence-corrected chi connectivity index (χ4v) is 2.58. The average molecular weight is 221 g/mol. The van der Waals surface area contributed by atoms with Crippen LogP contribution < -0.4 is 5.73 Å². The summed E-state index contributed by atoms with van der Waals surface area (Å²) in [4.78, 5) is 0. The van der Waals surface area contributed by atoms with E-state index in [1.54, 1.807) is 0 Å². The molecule has 88 valence electrons. The average Bonchev–Trinajstić information content (AvgIpc) is 2.60. The van der Waals surface area contributed by atoms with E-state index in [0.29, 0.717) is 19.3 Å². The largest absolute Gasteiger partial charge is 0.393 e. The Balaban J connectivity index is 2.00. The molecule has 0 heterocycles. The van der Waals surface area contributed by atoms with Crippen LogP contribution in [0.4, 0.5) is 0 Å². The number of aliphatic hydroxyl groups is 2. The van der Waals surface area contributed by atoms with Crippen molar-refractivity contribution in [3.8, 4) is 0 Å². The first-order valence-corrected chi connectivity index (χ1v) is 5.84. The van der Waals surface area contributed by atoms with Crippen LogP contribution in [0, 0.1) is 5.92 Å². The molecule has 0 saturated heterocycles. The van der Waals surface area contributed by atoms with E-state index in [2.05, 4.69) is 0 Å². The molecule has 1 aliphatic carbocycles. The Morgan fingerprint density at radius 1 is 1.12 bits per heavy atom. The summed E-state index contributed by atoms with van der Waals surface area (Å²) in [5, 5.41) is 19.5. The predicted octanol–water partition coefficient (Wildman–Crippen LogP) is 0.688. The molecule has 3 heteroatoms. The van der Waals surface area contributed by atoms with Crippen LogP contribution in [0.1, 0.15) is 18.4 Å². The van der Waals surface area contributed by atoms with E-state index in [1.165, 1.54) is 0 Å². The summed E-state index contributed by atoms with van der Waals surface area (Å²) in [7, 11) is 0. The van der Waals surface area contributed by atoms with Gasteiger partial charge in [-0.3, -0.25) is 0 Å². The Labute approximate surface area is 95.9 Å². The highest BCUT2D eigenvalue weighted by molar-refractivity contribution is 5.16. The Kier molecular flexibility index (Phi) is 3.59. The molecule has 0 aromatic heterocycles. The molecule has 1 fully saturated rings. The molecule has 0 spiro atoms. The lowest BCUT2D eigenvalue weighted by molar-refractivity contribution is 0.0503. The van der Waals surface area contributed by atoms with Gasteiger partial charge in [0.15, 0.2) is 0 Å². The van der Waals surface area contributed by atoms with Crippen molar-refractivity contribution in [1.29, 1.82) is 0 Å². The third-order valence-electron chi connectivity index (χ3n) is 3.46. The number of hydrogen-bond donors (Lipinski definition) is 3. The number of rotatable bonds is 3. The van der Waals surface area contributed by atoms with Gasteiger partial charge >= 0.3 is 0 Å². The van der Waals surface area contributed by atoms with E-state index >= 15 is 0 Å². The van der Waals surface area contributed by atoms with Gasteiger partial charge in [0.25, 0.3) is 0 Å². The molecular weight excluding hydrogens is 202 g/mol. The van der Waals surface area contributed by atoms with Crippen molar-refractivity contribution in [2.24, 2.45) is 11.7 Å². The monoisotopic (exact) mass is 221 g/mol. The molecule has 0 aliphatic heterocycles. The standard InChI is InChI=1S/C13H19NO2/c14-10(8-9-4-2-1-3-5-9)13-11(15)6-7-12(13)16/h1-5,10-13,15-16H,6-8,14H2/t10-,11?,12?,13?/m0/s1. The predicted molar refractivity (Wildman–Crippen MR) is 62.9 cm³/mol. The highest BCUT2D eigenvalue weighted by Gasteiger charge is 2.37. The summed E-state index contributed by atoms with van der Waals surface area (Å²) in [6.45, 7) is 0. The van der Waals surface area contributed by atoms with Crippen LogP contribution in [-0.2, 0) is 6.42 Å². The summed E-state index contributed by atoms with van der Waals surface area (Å²) in [5.41, 5.74) is 7.23. The van der Waals surface area contributed by atoms with Crippen molar-refractivity contribution in [1.82, 2.24) is 0 Å². The van der Waals surface area contributed by atoms with Gasteiger partial charge in [-0.05, 0) is 24.8 Å². The van der Waals surface area contributed by atoms with Gasteiger partial charge in [-0.1, -0.05) is 30.3 Å². The number of nitrogens with two attached hydrogens (primary N) is 1. The van der Waals surface area contributed by atoms with E-state index in [1.807, 2.05) is 30.3 Å². The van der Waals surface area contributed by atoms with Crippen LogP contribution in [0.15, 0.2) is 30.3 Å². The van der Waals surface area contributed by atoms with Gasteiger partial charge in [0, 0.05) is 12.0 Å². The van der Waals surface area contributed by atoms with E-state index in [4.69, 9.17) is 5.73 Å². The van der Waals surface area contributed by atoms with Crippen LogP contribution in [0.2, 0.25) is 0 Å². The van der Waals surface area contributed by atoms with Crippen LogP contribution in [0.3, 0.4) is 0 Å².